The Labute approximate surface area is 180 Å². The lowest BCUT2D eigenvalue weighted by Crippen LogP contribution is -2.27. The van der Waals surface area contributed by atoms with Gasteiger partial charge in [0.15, 0.2) is 11.4 Å². The minimum atomic E-state index is -4.94. The van der Waals surface area contributed by atoms with Crippen molar-refractivity contribution in [2.45, 2.75) is 44.5 Å². The predicted molar refractivity (Wildman–Crippen MR) is 105 cm³/mol. The third kappa shape index (κ3) is 4.87. The summed E-state index contributed by atoms with van der Waals surface area (Å²) in [5.41, 5.74) is -1.89. The van der Waals surface area contributed by atoms with Crippen molar-refractivity contribution >= 4 is 5.91 Å². The molecule has 168 valence electrons. The molecule has 1 amide bonds. The molecule has 1 aliphatic rings. The van der Waals surface area contributed by atoms with Gasteiger partial charge in [-0.1, -0.05) is 11.3 Å². The summed E-state index contributed by atoms with van der Waals surface area (Å²) in [5.74, 6) is -1.41. The number of carbonyl (C=O) groups is 1. The van der Waals surface area contributed by atoms with Crippen LogP contribution in [0.1, 0.15) is 47.4 Å². The number of ether oxygens (including phenoxy) is 1. The number of nitrogens with one attached hydrogen (secondary N) is 1. The number of nitrogens with zero attached hydrogens (tertiary/aromatic N) is 4. The molecule has 0 spiro atoms. The zero-order valence-electron chi connectivity index (χ0n) is 16.8. The normalized spacial score (nSPS) is 14.5. The highest BCUT2D eigenvalue weighted by Gasteiger charge is 2.42. The first-order valence-electron chi connectivity index (χ1n) is 10.00. The summed E-state index contributed by atoms with van der Waals surface area (Å²) in [4.78, 5) is 16.7. The number of rotatable bonds is 6. The fourth-order valence-corrected chi connectivity index (χ4v) is 3.55. The highest BCUT2D eigenvalue weighted by atomic mass is 19.4. The quantitative estimate of drug-likeness (QED) is 0.574. The van der Waals surface area contributed by atoms with E-state index in [1.165, 1.54) is 18.3 Å². The van der Waals surface area contributed by atoms with Crippen molar-refractivity contribution in [3.8, 4) is 11.6 Å². The summed E-state index contributed by atoms with van der Waals surface area (Å²) in [6.45, 7) is -0.0630. The second-order valence-electron chi connectivity index (χ2n) is 7.39. The van der Waals surface area contributed by atoms with Gasteiger partial charge in [-0.3, -0.25) is 4.79 Å². The van der Waals surface area contributed by atoms with Crippen molar-refractivity contribution in [2.75, 3.05) is 0 Å². The van der Waals surface area contributed by atoms with Crippen molar-refractivity contribution in [1.29, 1.82) is 0 Å². The first kappa shape index (κ1) is 21.7. The van der Waals surface area contributed by atoms with Crippen molar-refractivity contribution in [1.82, 2.24) is 25.3 Å². The highest BCUT2D eigenvalue weighted by Crippen LogP contribution is 2.33. The molecule has 0 saturated heterocycles. The van der Waals surface area contributed by atoms with Crippen LogP contribution in [0.3, 0.4) is 0 Å². The molecule has 1 aliphatic carbocycles. The summed E-state index contributed by atoms with van der Waals surface area (Å²) in [6, 6.07) is 7.68. The molecule has 1 N–H and O–H groups in total. The Balaban J connectivity index is 1.51. The van der Waals surface area contributed by atoms with Gasteiger partial charge in [0.2, 0.25) is 5.88 Å². The summed E-state index contributed by atoms with van der Waals surface area (Å²) < 4.78 is 60.8. The molecule has 0 atom stereocenters. The SMILES string of the molecule is O=C(NCc1ccnc(OC2CCCC2)c1)c1nnn(-c2cccc(F)c2)c1C(F)(F)F. The molecule has 2 aromatic heterocycles. The Morgan fingerprint density at radius 2 is 1.97 bits per heavy atom. The maximum Gasteiger partial charge on any atom is 0.435 e. The average Bonchev–Trinajstić information content (AvgIpc) is 3.42. The molecule has 3 aromatic rings. The number of alkyl halides is 3. The molecule has 0 radical (unpaired) electrons. The van der Waals surface area contributed by atoms with Crippen molar-refractivity contribution in [2.24, 2.45) is 0 Å². The molecule has 2 heterocycles. The van der Waals surface area contributed by atoms with E-state index in [-0.39, 0.29) is 18.3 Å². The number of carbonyl (C=O) groups excluding carboxylic acids is 1. The van der Waals surface area contributed by atoms with E-state index < -0.39 is 29.3 Å². The van der Waals surface area contributed by atoms with Crippen LogP contribution < -0.4 is 10.1 Å². The topological polar surface area (TPSA) is 81.9 Å². The van der Waals surface area contributed by atoms with Crippen LogP contribution in [0.5, 0.6) is 5.88 Å². The Kier molecular flexibility index (Phi) is 6.06. The molecule has 0 aliphatic heterocycles. The molecule has 0 unspecified atom stereocenters. The van der Waals surface area contributed by atoms with Crippen LogP contribution in [-0.4, -0.2) is 32.0 Å². The number of aromatic nitrogens is 4. The van der Waals surface area contributed by atoms with Gasteiger partial charge in [0.1, 0.15) is 11.9 Å². The fraction of sp³-hybridized carbons (Fsp3) is 0.333. The van der Waals surface area contributed by atoms with E-state index in [2.05, 4.69) is 20.6 Å². The van der Waals surface area contributed by atoms with Crippen LogP contribution in [0.25, 0.3) is 5.69 Å². The maximum atomic E-state index is 13.7. The average molecular weight is 449 g/mol. The molecule has 7 nitrogen and oxygen atoms in total. The van der Waals surface area contributed by atoms with Gasteiger partial charge in [0.05, 0.1) is 5.69 Å². The standard InChI is InChI=1S/C21H19F4N5O2/c22-14-4-3-5-15(11-14)30-19(21(23,24)25)18(28-29-30)20(31)27-12-13-8-9-26-17(10-13)32-16-6-1-2-7-16/h3-5,8-11,16H,1-2,6-7,12H2,(H,27,31). The van der Waals surface area contributed by atoms with E-state index in [0.717, 1.165) is 37.8 Å². The van der Waals surface area contributed by atoms with Crippen molar-refractivity contribution < 1.29 is 27.1 Å². The lowest BCUT2D eigenvalue weighted by molar-refractivity contribution is -0.143. The largest absolute Gasteiger partial charge is 0.474 e. The van der Waals surface area contributed by atoms with Crippen LogP contribution in [0, 0.1) is 5.82 Å². The summed E-state index contributed by atoms with van der Waals surface area (Å²) >= 11 is 0. The van der Waals surface area contributed by atoms with Gasteiger partial charge in [-0.25, -0.2) is 14.1 Å². The Morgan fingerprint density at radius 3 is 2.69 bits per heavy atom. The zero-order chi connectivity index (χ0) is 22.7. The summed E-state index contributed by atoms with van der Waals surface area (Å²) in [5, 5.41) is 9.25. The van der Waals surface area contributed by atoms with E-state index in [0.29, 0.717) is 16.1 Å². The van der Waals surface area contributed by atoms with E-state index in [1.54, 1.807) is 12.1 Å². The number of hydrogen-bond acceptors (Lipinski definition) is 5. The number of halogens is 4. The second kappa shape index (κ2) is 8.93. The maximum absolute atomic E-state index is 13.7. The fourth-order valence-electron chi connectivity index (χ4n) is 3.55. The van der Waals surface area contributed by atoms with Gasteiger partial charge in [-0.2, -0.15) is 13.2 Å². The van der Waals surface area contributed by atoms with E-state index in [1.807, 2.05) is 0 Å². The third-order valence-corrected chi connectivity index (χ3v) is 5.05. The number of pyridine rings is 1. The highest BCUT2D eigenvalue weighted by molar-refractivity contribution is 5.93. The molecule has 1 aromatic carbocycles. The van der Waals surface area contributed by atoms with Gasteiger partial charge in [0.25, 0.3) is 5.91 Å². The first-order valence-corrected chi connectivity index (χ1v) is 10.00. The first-order chi connectivity index (χ1) is 15.3. The molecule has 1 fully saturated rings. The number of hydrogen-bond donors (Lipinski definition) is 1. The lowest BCUT2D eigenvalue weighted by atomic mass is 10.2. The van der Waals surface area contributed by atoms with Crippen LogP contribution in [0.4, 0.5) is 17.6 Å². The van der Waals surface area contributed by atoms with Crippen LogP contribution >= 0.6 is 0 Å². The van der Waals surface area contributed by atoms with Gasteiger partial charge >= 0.3 is 6.18 Å². The monoisotopic (exact) mass is 449 g/mol. The van der Waals surface area contributed by atoms with Crippen molar-refractivity contribution in [3.63, 3.8) is 0 Å². The van der Waals surface area contributed by atoms with Gasteiger partial charge in [0, 0.05) is 18.8 Å². The lowest BCUT2D eigenvalue weighted by Gasteiger charge is -2.13. The molecule has 4 rings (SSSR count). The van der Waals surface area contributed by atoms with Gasteiger partial charge < -0.3 is 10.1 Å². The van der Waals surface area contributed by atoms with Crippen molar-refractivity contribution in [3.05, 3.63) is 65.4 Å². The second-order valence-corrected chi connectivity index (χ2v) is 7.39. The molecule has 32 heavy (non-hydrogen) atoms. The molecule has 11 heteroatoms. The summed E-state index contributed by atoms with van der Waals surface area (Å²) in [7, 11) is 0. The Morgan fingerprint density at radius 1 is 1.19 bits per heavy atom. The Bertz CT molecular complexity index is 1110. The Hall–Kier alpha value is -3.50. The van der Waals surface area contributed by atoms with Gasteiger partial charge in [-0.05, 0) is 55.5 Å². The smallest absolute Gasteiger partial charge is 0.435 e. The number of amides is 1. The van der Waals surface area contributed by atoms with Gasteiger partial charge in [-0.15, -0.1) is 5.10 Å². The third-order valence-electron chi connectivity index (χ3n) is 5.05. The van der Waals surface area contributed by atoms with E-state index in [4.69, 9.17) is 4.74 Å². The van der Waals surface area contributed by atoms with E-state index >= 15 is 0 Å². The van der Waals surface area contributed by atoms with Crippen LogP contribution in [0.15, 0.2) is 42.6 Å². The zero-order valence-corrected chi connectivity index (χ0v) is 16.8. The number of benzene rings is 1. The molecule has 1 saturated carbocycles. The van der Waals surface area contributed by atoms with E-state index in [9.17, 15) is 22.4 Å². The minimum Gasteiger partial charge on any atom is -0.474 e. The predicted octanol–water partition coefficient (Wildman–Crippen LogP) is 4.07. The molecule has 0 bridgehead atoms. The summed E-state index contributed by atoms with van der Waals surface area (Å²) in [6.07, 6.45) is 0.748. The molecular weight excluding hydrogens is 430 g/mol. The minimum absolute atomic E-state index is 0.0630. The van der Waals surface area contributed by atoms with Crippen LogP contribution in [0.2, 0.25) is 0 Å². The molecular formula is C21H19F4N5O2. The van der Waals surface area contributed by atoms with Crippen LogP contribution in [-0.2, 0) is 12.7 Å².